The van der Waals surface area contributed by atoms with E-state index in [1.54, 1.807) is 0 Å². The zero-order valence-electron chi connectivity index (χ0n) is 20.3. The van der Waals surface area contributed by atoms with Gasteiger partial charge in [0.1, 0.15) is 24.9 Å². The fourth-order valence-corrected chi connectivity index (χ4v) is 3.16. The Morgan fingerprint density at radius 3 is 2.00 bits per heavy atom. The molecule has 0 heterocycles. The summed E-state index contributed by atoms with van der Waals surface area (Å²) in [7, 11) is 3.18. The fourth-order valence-electron chi connectivity index (χ4n) is 2.50. The number of carboxylic acid groups (broad SMARTS) is 1. The van der Waals surface area contributed by atoms with E-state index in [-0.39, 0.29) is 24.7 Å². The van der Waals surface area contributed by atoms with Crippen LogP contribution in [0.5, 0.6) is 5.75 Å². The molecule has 0 aliphatic carbocycles. The number of carbonyl (C=O) groups excluding carboxylic acids is 2. The quantitative estimate of drug-likeness (QED) is 0.0647. The Kier molecular flexibility index (Phi) is 14.4. The molecule has 0 unspecified atom stereocenters. The van der Waals surface area contributed by atoms with Crippen LogP contribution in [0.25, 0.3) is 0 Å². The molecule has 0 saturated heterocycles. The first-order valence-corrected chi connectivity index (χ1v) is 11.9. The number of rotatable bonds is 14. The number of hydrogen-bond acceptors (Lipinski definition) is 10. The molecule has 0 radical (unpaired) electrons. The number of nitrogens with zero attached hydrogens (tertiary/aromatic N) is 2. The fraction of sp³-hybridized carbons (Fsp3) is 0.600. The van der Waals surface area contributed by atoms with E-state index in [9.17, 15) is 32.6 Å². The number of aliphatic carboxylic acids is 1. The maximum absolute atomic E-state index is 11.9. The highest BCUT2D eigenvalue weighted by Crippen LogP contribution is 2.47. The van der Waals surface area contributed by atoms with E-state index in [4.69, 9.17) is 28.2 Å². The van der Waals surface area contributed by atoms with Crippen molar-refractivity contribution in [3.8, 4) is 5.75 Å². The molecule has 1 aromatic carbocycles. The number of hydrogen-bond donors (Lipinski definition) is 0. The number of esters is 1. The summed E-state index contributed by atoms with van der Waals surface area (Å²) in [6.07, 6.45) is -2.47. The second-order valence-electron chi connectivity index (χ2n) is 7.85. The van der Waals surface area contributed by atoms with Crippen molar-refractivity contribution in [1.29, 1.82) is 0 Å². The van der Waals surface area contributed by atoms with E-state index in [0.29, 0.717) is 23.2 Å². The highest BCUT2D eigenvalue weighted by atomic mass is 31.2. The van der Waals surface area contributed by atoms with Gasteiger partial charge in [0.2, 0.25) is 0 Å². The zero-order chi connectivity index (χ0) is 28.0. The Morgan fingerprint density at radius 1 is 1.03 bits per heavy atom. The number of phosphoric ester groups is 1. The summed E-state index contributed by atoms with van der Waals surface area (Å²) < 4.78 is 63.9. The first kappa shape index (κ1) is 33.4. The number of non-ortho nitro benzene ring substituents is 1. The number of benzene rings is 1. The van der Waals surface area contributed by atoms with Crippen molar-refractivity contribution in [1.82, 2.24) is 0 Å². The van der Waals surface area contributed by atoms with E-state index in [1.807, 2.05) is 14.1 Å². The molecule has 12 nitrogen and oxygen atoms in total. The lowest BCUT2D eigenvalue weighted by molar-refractivity contribution is -0.890. The van der Waals surface area contributed by atoms with Crippen molar-refractivity contribution in [2.45, 2.75) is 31.9 Å². The minimum Gasteiger partial charge on any atom is -0.542 e. The monoisotopic (exact) mass is 546 g/mol. The number of halogens is 3. The molecule has 0 amide bonds. The average Bonchev–Trinajstić information content (AvgIpc) is 2.78. The molecule has 0 aliphatic heterocycles. The summed E-state index contributed by atoms with van der Waals surface area (Å²) in [5.74, 6) is -3.08. The van der Waals surface area contributed by atoms with Crippen molar-refractivity contribution < 1.29 is 60.1 Å². The maximum atomic E-state index is 11.9. The molecule has 0 aromatic heterocycles. The van der Waals surface area contributed by atoms with Crippen molar-refractivity contribution >= 4 is 25.4 Å². The summed E-state index contributed by atoms with van der Waals surface area (Å²) in [4.78, 5) is 30.7. The van der Waals surface area contributed by atoms with Gasteiger partial charge in [0.25, 0.3) is 5.69 Å². The first-order valence-electron chi connectivity index (χ1n) is 10.5. The Labute approximate surface area is 206 Å². The van der Waals surface area contributed by atoms with Gasteiger partial charge in [-0.3, -0.25) is 28.5 Å². The van der Waals surface area contributed by atoms with Gasteiger partial charge in [-0.05, 0) is 31.4 Å². The van der Waals surface area contributed by atoms with Crippen LogP contribution < -0.4 is 9.84 Å². The normalized spacial score (nSPS) is 11.9. The van der Waals surface area contributed by atoms with Gasteiger partial charge in [0.15, 0.2) is 0 Å². The molecule has 0 saturated carbocycles. The minimum absolute atomic E-state index is 0.0526. The van der Waals surface area contributed by atoms with Crippen molar-refractivity contribution in [3.63, 3.8) is 0 Å². The van der Waals surface area contributed by atoms with Crippen LogP contribution in [0.3, 0.4) is 0 Å². The number of carbonyl (C=O) groups is 2. The number of likely N-dealkylation sites (N-methyl/N-ethyl adjacent to an activating group) is 1. The highest BCUT2D eigenvalue weighted by Gasteiger charge is 2.29. The van der Waals surface area contributed by atoms with Gasteiger partial charge >= 0.3 is 20.0 Å². The molecule has 0 aliphatic rings. The maximum Gasteiger partial charge on any atom is 0.474 e. The first-order chi connectivity index (χ1) is 16.5. The second kappa shape index (κ2) is 15.5. The van der Waals surface area contributed by atoms with E-state index >= 15 is 0 Å². The molecule has 1 rings (SSSR count). The van der Waals surface area contributed by atoms with Crippen LogP contribution >= 0.6 is 7.82 Å². The summed E-state index contributed by atoms with van der Waals surface area (Å²) in [6.45, 7) is 1.75. The van der Waals surface area contributed by atoms with E-state index in [1.165, 1.54) is 38.5 Å². The second-order valence-corrected chi connectivity index (χ2v) is 9.73. The molecule has 0 bridgehead atoms. The van der Waals surface area contributed by atoms with Crippen LogP contribution in [0.4, 0.5) is 18.9 Å². The number of alkyl halides is 3. The number of carboxylic acids is 1. The molecule has 0 N–H and O–H groups in total. The largest absolute Gasteiger partial charge is 0.542 e. The number of phosphoric acid groups is 1. The predicted octanol–water partition coefficient (Wildman–Crippen LogP) is 2.85. The Balaban J connectivity index is 0.00000152. The van der Waals surface area contributed by atoms with E-state index in [2.05, 4.69) is 0 Å². The highest BCUT2D eigenvalue weighted by molar-refractivity contribution is 7.48. The summed E-state index contributed by atoms with van der Waals surface area (Å²) in [5, 5.41) is 19.4. The lowest BCUT2D eigenvalue weighted by atomic mass is 10.2. The van der Waals surface area contributed by atoms with E-state index < -0.39 is 24.9 Å². The van der Waals surface area contributed by atoms with Crippen molar-refractivity contribution in [2.75, 3.05) is 48.0 Å². The predicted molar refractivity (Wildman–Crippen MR) is 118 cm³/mol. The Bertz CT molecular complexity index is 887. The number of unbranched alkanes of at least 4 members (excludes halogenated alkanes) is 2. The van der Waals surface area contributed by atoms with Crippen molar-refractivity contribution in [3.05, 3.63) is 34.4 Å². The molecule has 0 atom stereocenters. The van der Waals surface area contributed by atoms with Crippen LogP contribution in [0, 0.1) is 10.1 Å². The van der Waals surface area contributed by atoms with Gasteiger partial charge in [-0.1, -0.05) is 0 Å². The van der Waals surface area contributed by atoms with Gasteiger partial charge in [0.05, 0.1) is 25.6 Å². The van der Waals surface area contributed by atoms with Crippen LogP contribution in [0.15, 0.2) is 24.3 Å². The summed E-state index contributed by atoms with van der Waals surface area (Å²) in [5.41, 5.74) is -0.0526. The average molecular weight is 546 g/mol. The number of ether oxygens (including phenoxy) is 1. The third-order valence-corrected chi connectivity index (χ3v) is 5.94. The standard InChI is InChI=1S/C18H30N2O8P.C2HF3O2/c1-20(2,14-15-27-29(24,25-3)26-4)13-7-5-6-8-18(21)28-17-11-9-16(10-12-17)19(22)23;3-2(4,5)1(6)7/h9-12H,5-8,13-15H2,1-4H3;(H,6,7)/q+1;/p-1. The van der Waals surface area contributed by atoms with Gasteiger partial charge in [-0.2, -0.15) is 13.2 Å². The molecule has 206 valence electrons. The van der Waals surface area contributed by atoms with Gasteiger partial charge < -0.3 is 19.1 Å². The molecule has 0 spiro atoms. The smallest absolute Gasteiger partial charge is 0.474 e. The van der Waals surface area contributed by atoms with Crippen LogP contribution in [0.2, 0.25) is 0 Å². The third-order valence-electron chi connectivity index (χ3n) is 4.55. The van der Waals surface area contributed by atoms with Gasteiger partial charge in [-0.15, -0.1) is 0 Å². The van der Waals surface area contributed by atoms with Gasteiger partial charge in [0, 0.05) is 32.8 Å². The molecular formula is C20H30F3N2O10P. The van der Waals surface area contributed by atoms with E-state index in [0.717, 1.165) is 19.4 Å². The minimum atomic E-state index is -5.19. The molecule has 1 aromatic rings. The molecule has 16 heteroatoms. The third kappa shape index (κ3) is 14.7. The number of quaternary nitrogens is 1. The Morgan fingerprint density at radius 2 is 1.56 bits per heavy atom. The van der Waals surface area contributed by atoms with Gasteiger partial charge in [-0.25, -0.2) is 4.57 Å². The summed E-state index contributed by atoms with van der Waals surface area (Å²) in [6, 6.07) is 5.41. The lowest BCUT2D eigenvalue weighted by Crippen LogP contribution is -2.42. The van der Waals surface area contributed by atoms with Crippen LogP contribution in [0.1, 0.15) is 25.7 Å². The SMILES string of the molecule is COP(=O)(OC)OCC[N+](C)(C)CCCCCC(=O)Oc1ccc([N+](=O)[O-])cc1.O=C([O-])C(F)(F)F. The topological polar surface area (TPSA) is 154 Å². The lowest BCUT2D eigenvalue weighted by Gasteiger charge is -2.30. The molecular weight excluding hydrogens is 516 g/mol. The van der Waals surface area contributed by atoms with Crippen LogP contribution in [-0.2, 0) is 27.7 Å². The van der Waals surface area contributed by atoms with Crippen molar-refractivity contribution in [2.24, 2.45) is 0 Å². The zero-order valence-corrected chi connectivity index (χ0v) is 21.2. The number of nitro groups is 1. The molecule has 36 heavy (non-hydrogen) atoms. The Hall–Kier alpha value is -2.58. The van der Waals surface area contributed by atoms with Crippen LogP contribution in [-0.4, -0.2) is 75.5 Å². The summed E-state index contributed by atoms with van der Waals surface area (Å²) >= 11 is 0. The molecule has 0 fully saturated rings. The number of nitro benzene ring substituents is 1.